The molecule has 0 aromatic heterocycles. The number of rotatable bonds is 2. The quantitative estimate of drug-likeness (QED) is 0.245. The van der Waals surface area contributed by atoms with Crippen molar-refractivity contribution in [3.8, 4) is 11.1 Å². The van der Waals surface area contributed by atoms with Crippen molar-refractivity contribution in [1.82, 2.24) is 0 Å². The molecule has 1 N–H and O–H groups in total. The van der Waals surface area contributed by atoms with E-state index in [-0.39, 0.29) is 6.17 Å². The molecule has 0 saturated heterocycles. The molecular formula is C36H26N2. The van der Waals surface area contributed by atoms with Crippen LogP contribution in [0.3, 0.4) is 0 Å². The van der Waals surface area contributed by atoms with Gasteiger partial charge in [-0.1, -0.05) is 109 Å². The third-order valence-corrected chi connectivity index (χ3v) is 8.23. The van der Waals surface area contributed by atoms with Crippen LogP contribution < -0.4 is 10.2 Å². The topological polar surface area (TPSA) is 15.3 Å². The van der Waals surface area contributed by atoms with E-state index in [1.807, 2.05) is 0 Å². The Kier molecular flexibility index (Phi) is 4.53. The minimum absolute atomic E-state index is 0.130. The van der Waals surface area contributed by atoms with Gasteiger partial charge in [0.25, 0.3) is 0 Å². The van der Waals surface area contributed by atoms with Crippen molar-refractivity contribution in [2.45, 2.75) is 6.17 Å². The van der Waals surface area contributed by atoms with Gasteiger partial charge in [0.2, 0.25) is 0 Å². The lowest BCUT2D eigenvalue weighted by Gasteiger charge is -2.22. The first-order valence-electron chi connectivity index (χ1n) is 13.2. The number of hydrogen-bond donors (Lipinski definition) is 1. The van der Waals surface area contributed by atoms with E-state index in [9.17, 15) is 0 Å². The smallest absolute Gasteiger partial charge is 0.125 e. The molecule has 0 bridgehead atoms. The van der Waals surface area contributed by atoms with Gasteiger partial charge in [-0.15, -0.1) is 0 Å². The van der Waals surface area contributed by atoms with Gasteiger partial charge in [0.15, 0.2) is 0 Å². The molecule has 2 heteroatoms. The molecule has 1 atom stereocenters. The predicted octanol–water partition coefficient (Wildman–Crippen LogP) is 9.53. The fourth-order valence-corrected chi connectivity index (χ4v) is 6.46. The zero-order valence-electron chi connectivity index (χ0n) is 21.1. The SMILES string of the molecule is CN1c2ccc(-c3cc4c5ccccc5c5ccccc5c4c4ccccc34)cc2NC1c1ccccc1. The summed E-state index contributed by atoms with van der Waals surface area (Å²) in [5.41, 5.74) is 6.16. The molecule has 8 rings (SSSR count). The third kappa shape index (κ3) is 3.01. The van der Waals surface area contributed by atoms with Gasteiger partial charge in [0.1, 0.15) is 6.17 Å². The summed E-state index contributed by atoms with van der Waals surface area (Å²) in [5.74, 6) is 0. The lowest BCUT2D eigenvalue weighted by atomic mass is 9.87. The van der Waals surface area contributed by atoms with Crippen LogP contribution >= 0.6 is 0 Å². The highest BCUT2D eigenvalue weighted by atomic mass is 15.3. The number of hydrogen-bond acceptors (Lipinski definition) is 2. The fourth-order valence-electron chi connectivity index (χ4n) is 6.46. The number of anilines is 2. The summed E-state index contributed by atoms with van der Waals surface area (Å²) in [7, 11) is 2.17. The summed E-state index contributed by atoms with van der Waals surface area (Å²) in [6.45, 7) is 0. The molecule has 0 radical (unpaired) electrons. The van der Waals surface area contributed by atoms with Crippen LogP contribution in [0.5, 0.6) is 0 Å². The van der Waals surface area contributed by atoms with Gasteiger partial charge in [-0.2, -0.15) is 0 Å². The Balaban J connectivity index is 1.40. The van der Waals surface area contributed by atoms with Gasteiger partial charge in [0, 0.05) is 7.05 Å². The van der Waals surface area contributed by atoms with Gasteiger partial charge in [-0.3, -0.25) is 0 Å². The summed E-state index contributed by atoms with van der Waals surface area (Å²) < 4.78 is 0. The molecular weight excluding hydrogens is 460 g/mol. The van der Waals surface area contributed by atoms with E-state index in [0.717, 1.165) is 0 Å². The van der Waals surface area contributed by atoms with E-state index >= 15 is 0 Å². The molecule has 7 aromatic carbocycles. The molecule has 1 aliphatic heterocycles. The molecule has 0 aliphatic carbocycles. The van der Waals surface area contributed by atoms with E-state index in [1.165, 1.54) is 71.2 Å². The van der Waals surface area contributed by atoms with E-state index in [2.05, 4.69) is 145 Å². The molecule has 0 saturated carbocycles. The van der Waals surface area contributed by atoms with Crippen LogP contribution in [0.4, 0.5) is 11.4 Å². The molecule has 0 spiro atoms. The average molecular weight is 487 g/mol. The van der Waals surface area contributed by atoms with E-state index in [0.29, 0.717) is 0 Å². The second-order valence-electron chi connectivity index (χ2n) is 10.3. The average Bonchev–Trinajstić information content (AvgIpc) is 3.32. The van der Waals surface area contributed by atoms with Crippen LogP contribution in [0.1, 0.15) is 11.7 Å². The molecule has 1 heterocycles. The third-order valence-electron chi connectivity index (χ3n) is 8.23. The normalized spacial score (nSPS) is 14.9. The monoisotopic (exact) mass is 486 g/mol. The van der Waals surface area contributed by atoms with Crippen LogP contribution in [0, 0.1) is 0 Å². The number of benzene rings is 7. The molecule has 7 aromatic rings. The summed E-state index contributed by atoms with van der Waals surface area (Å²) in [4.78, 5) is 2.33. The molecule has 1 aliphatic rings. The van der Waals surface area contributed by atoms with Crippen LogP contribution in [0.25, 0.3) is 54.2 Å². The minimum Gasteiger partial charge on any atom is -0.360 e. The van der Waals surface area contributed by atoms with Crippen molar-refractivity contribution < 1.29 is 0 Å². The van der Waals surface area contributed by atoms with Crippen molar-refractivity contribution >= 4 is 54.5 Å². The number of nitrogens with one attached hydrogen (secondary N) is 1. The van der Waals surface area contributed by atoms with Gasteiger partial charge < -0.3 is 10.2 Å². The molecule has 2 nitrogen and oxygen atoms in total. The zero-order valence-corrected chi connectivity index (χ0v) is 21.1. The summed E-state index contributed by atoms with van der Waals surface area (Å²) >= 11 is 0. The molecule has 0 amide bonds. The Morgan fingerprint density at radius 1 is 0.526 bits per heavy atom. The standard InChI is InChI=1S/C36H26N2/c1-38-34-20-19-24(21-33(34)37-36(38)23-11-3-2-4-12-23)31-22-32-27-15-6-5-13-25(27)26-14-7-9-17-29(26)35(32)30-18-10-8-16-28(30)31/h2-22,36-37H,1H3. The van der Waals surface area contributed by atoms with Crippen molar-refractivity contribution in [3.63, 3.8) is 0 Å². The maximum Gasteiger partial charge on any atom is 0.125 e. The molecule has 38 heavy (non-hydrogen) atoms. The largest absolute Gasteiger partial charge is 0.360 e. The maximum atomic E-state index is 3.78. The molecule has 0 fully saturated rings. The highest BCUT2D eigenvalue weighted by molar-refractivity contribution is 6.33. The van der Waals surface area contributed by atoms with Gasteiger partial charge in [0.05, 0.1) is 11.4 Å². The predicted molar refractivity (Wildman–Crippen MR) is 163 cm³/mol. The summed E-state index contributed by atoms with van der Waals surface area (Å²) in [6, 6.07) is 46.5. The Labute approximate surface area is 221 Å². The van der Waals surface area contributed by atoms with Crippen LogP contribution in [0.2, 0.25) is 0 Å². The van der Waals surface area contributed by atoms with E-state index < -0.39 is 0 Å². The second-order valence-corrected chi connectivity index (χ2v) is 10.3. The van der Waals surface area contributed by atoms with Crippen LogP contribution in [0.15, 0.2) is 127 Å². The molecule has 1 unspecified atom stereocenters. The first-order valence-corrected chi connectivity index (χ1v) is 13.2. The minimum atomic E-state index is 0.130. The lowest BCUT2D eigenvalue weighted by Crippen LogP contribution is -2.23. The lowest BCUT2D eigenvalue weighted by molar-refractivity contribution is 0.792. The Hall–Kier alpha value is -4.82. The van der Waals surface area contributed by atoms with Gasteiger partial charge in [-0.25, -0.2) is 0 Å². The zero-order chi connectivity index (χ0) is 25.2. The highest BCUT2D eigenvalue weighted by Crippen LogP contribution is 2.46. The number of nitrogens with zero attached hydrogens (tertiary/aromatic N) is 1. The fraction of sp³-hybridized carbons (Fsp3) is 0.0556. The Morgan fingerprint density at radius 3 is 1.79 bits per heavy atom. The molecule has 180 valence electrons. The number of fused-ring (bicyclic) bond motifs is 9. The van der Waals surface area contributed by atoms with Crippen LogP contribution in [-0.2, 0) is 0 Å². The first-order chi connectivity index (χ1) is 18.8. The van der Waals surface area contributed by atoms with Crippen molar-refractivity contribution in [1.29, 1.82) is 0 Å². The van der Waals surface area contributed by atoms with Crippen LogP contribution in [-0.4, -0.2) is 7.05 Å². The van der Waals surface area contributed by atoms with E-state index in [1.54, 1.807) is 0 Å². The van der Waals surface area contributed by atoms with Crippen molar-refractivity contribution in [3.05, 3.63) is 133 Å². The second kappa shape index (κ2) is 8.09. The Bertz CT molecular complexity index is 2020. The Morgan fingerprint density at radius 2 is 1.08 bits per heavy atom. The highest BCUT2D eigenvalue weighted by Gasteiger charge is 2.27. The van der Waals surface area contributed by atoms with E-state index in [4.69, 9.17) is 0 Å². The van der Waals surface area contributed by atoms with Crippen molar-refractivity contribution in [2.24, 2.45) is 0 Å². The van der Waals surface area contributed by atoms with Gasteiger partial charge in [-0.05, 0) is 78.0 Å². The summed E-state index contributed by atoms with van der Waals surface area (Å²) in [6.07, 6.45) is 0.130. The maximum absolute atomic E-state index is 3.78. The van der Waals surface area contributed by atoms with Gasteiger partial charge >= 0.3 is 0 Å². The first kappa shape index (κ1) is 21.3. The van der Waals surface area contributed by atoms with Crippen molar-refractivity contribution in [2.75, 3.05) is 17.3 Å². The summed E-state index contributed by atoms with van der Waals surface area (Å²) in [5, 5.41) is 14.2.